The van der Waals surface area contributed by atoms with Gasteiger partial charge in [0.15, 0.2) is 28.1 Å². The highest BCUT2D eigenvalue weighted by Gasteiger charge is 2.23. The molecule has 1 aromatic heterocycles. The molecule has 0 saturated carbocycles. The smallest absolute Gasteiger partial charge is 0.253 e. The summed E-state index contributed by atoms with van der Waals surface area (Å²) in [5.74, 6) is 2.70. The Hall–Kier alpha value is -3.50. The van der Waals surface area contributed by atoms with Crippen molar-refractivity contribution in [3.05, 3.63) is 57.9 Å². The highest BCUT2D eigenvalue weighted by atomic mass is 32.1. The van der Waals surface area contributed by atoms with Crippen molar-refractivity contribution < 1.29 is 23.7 Å². The summed E-state index contributed by atoms with van der Waals surface area (Å²) in [7, 11) is 3.25. The molecule has 3 aromatic rings. The number of H-pyrrole nitrogens is 1. The predicted octanol–water partition coefficient (Wildman–Crippen LogP) is 3.37. The van der Waals surface area contributed by atoms with Crippen LogP contribution in [0, 0.1) is 0 Å². The van der Waals surface area contributed by atoms with Crippen molar-refractivity contribution in [2.24, 2.45) is 0 Å². The molecule has 2 aliphatic heterocycles. The molecular formula is C27H31N3O6S. The van der Waals surface area contributed by atoms with Crippen molar-refractivity contribution >= 4 is 28.2 Å². The van der Waals surface area contributed by atoms with Gasteiger partial charge in [0.25, 0.3) is 5.56 Å². The lowest BCUT2D eigenvalue weighted by Crippen LogP contribution is -2.44. The largest absolute Gasteiger partial charge is 0.493 e. The number of hydrogen-bond acceptors (Lipinski definition) is 7. The van der Waals surface area contributed by atoms with Crippen LogP contribution >= 0.6 is 12.2 Å². The molecule has 2 N–H and O–H groups in total. The molecule has 9 nitrogen and oxygen atoms in total. The number of rotatable bonds is 9. The number of hydrogen-bond donors (Lipinski definition) is 2. The van der Waals surface area contributed by atoms with Gasteiger partial charge in [-0.2, -0.15) is 0 Å². The molecule has 0 aliphatic carbocycles. The first-order chi connectivity index (χ1) is 18.0. The molecule has 0 spiro atoms. The molecule has 37 heavy (non-hydrogen) atoms. The molecule has 0 amide bonds. The average molecular weight is 526 g/mol. The van der Waals surface area contributed by atoms with Gasteiger partial charge in [0, 0.05) is 36.7 Å². The Kier molecular flexibility index (Phi) is 7.66. The molecule has 5 rings (SSSR count). The third kappa shape index (κ3) is 5.75. The number of thiocarbonyl (C=S) groups is 1. The van der Waals surface area contributed by atoms with Crippen LogP contribution in [0.4, 0.5) is 0 Å². The summed E-state index contributed by atoms with van der Waals surface area (Å²) >= 11 is 5.78. The minimum atomic E-state index is -0.156. The van der Waals surface area contributed by atoms with E-state index in [-0.39, 0.29) is 18.5 Å². The lowest BCUT2D eigenvalue weighted by atomic mass is 10.1. The second-order valence-electron chi connectivity index (χ2n) is 9.10. The van der Waals surface area contributed by atoms with E-state index in [1.165, 1.54) is 0 Å². The number of ether oxygens (including phenoxy) is 5. The maximum absolute atomic E-state index is 13.0. The fraction of sp³-hybridized carbons (Fsp3) is 0.407. The van der Waals surface area contributed by atoms with Gasteiger partial charge in [-0.3, -0.25) is 4.79 Å². The summed E-state index contributed by atoms with van der Waals surface area (Å²) in [4.78, 5) is 18.0. The van der Waals surface area contributed by atoms with Gasteiger partial charge in [0.05, 0.1) is 32.4 Å². The Labute approximate surface area is 220 Å². The molecule has 2 aromatic carbocycles. The molecule has 2 aliphatic rings. The van der Waals surface area contributed by atoms with Crippen LogP contribution in [0.1, 0.15) is 24.0 Å². The van der Waals surface area contributed by atoms with Crippen LogP contribution in [0.15, 0.2) is 41.2 Å². The fourth-order valence-electron chi connectivity index (χ4n) is 4.68. The van der Waals surface area contributed by atoms with Gasteiger partial charge < -0.3 is 38.9 Å². The lowest BCUT2D eigenvalue weighted by molar-refractivity contribution is 0.0897. The normalized spacial score (nSPS) is 16.1. The first kappa shape index (κ1) is 25.2. The number of nitrogens with zero attached hydrogens (tertiary/aromatic N) is 1. The zero-order valence-electron chi connectivity index (χ0n) is 21.0. The van der Waals surface area contributed by atoms with E-state index in [4.69, 9.17) is 35.9 Å². The Bertz CT molecular complexity index is 1340. The Morgan fingerprint density at radius 1 is 1.14 bits per heavy atom. The molecule has 0 unspecified atom stereocenters. The summed E-state index contributed by atoms with van der Waals surface area (Å²) in [5.41, 5.74) is 2.27. The maximum atomic E-state index is 13.0. The van der Waals surface area contributed by atoms with Gasteiger partial charge in [0.1, 0.15) is 0 Å². The van der Waals surface area contributed by atoms with E-state index >= 15 is 0 Å². The van der Waals surface area contributed by atoms with Gasteiger partial charge in [0.2, 0.25) is 6.79 Å². The van der Waals surface area contributed by atoms with E-state index in [2.05, 4.69) is 10.3 Å². The number of benzene rings is 2. The third-order valence-corrected chi connectivity index (χ3v) is 7.05. The summed E-state index contributed by atoms with van der Waals surface area (Å²) in [6, 6.07) is 11.5. The zero-order valence-corrected chi connectivity index (χ0v) is 21.8. The van der Waals surface area contributed by atoms with Crippen LogP contribution in [0.3, 0.4) is 0 Å². The van der Waals surface area contributed by atoms with Crippen molar-refractivity contribution in [1.29, 1.82) is 0 Å². The van der Waals surface area contributed by atoms with E-state index in [9.17, 15) is 4.79 Å². The second-order valence-corrected chi connectivity index (χ2v) is 9.49. The Balaban J connectivity index is 1.30. The minimum Gasteiger partial charge on any atom is -0.493 e. The predicted molar refractivity (Wildman–Crippen MR) is 144 cm³/mol. The second kappa shape index (κ2) is 11.3. The van der Waals surface area contributed by atoms with Gasteiger partial charge >= 0.3 is 0 Å². The van der Waals surface area contributed by atoms with E-state index in [0.29, 0.717) is 58.8 Å². The van der Waals surface area contributed by atoms with Crippen LogP contribution in [0.5, 0.6) is 23.0 Å². The van der Waals surface area contributed by atoms with Crippen molar-refractivity contribution in [3.63, 3.8) is 0 Å². The molecule has 1 saturated heterocycles. The standard InChI is InChI=1S/C27H31N3O6S/c1-32-22-6-5-17(10-23(22)33-2)7-8-28-27(37)30(15-20-4-3-9-34-20)14-19-11-18-12-24-25(36-16-35-24)13-21(18)29-26(19)31/h5-6,10-13,20H,3-4,7-9,14-16H2,1-2H3,(H,28,37)(H,29,31)/t20-/m1/s1. The number of aromatic nitrogens is 1. The monoisotopic (exact) mass is 525 g/mol. The highest BCUT2D eigenvalue weighted by Crippen LogP contribution is 2.35. The average Bonchev–Trinajstić information content (AvgIpc) is 3.59. The molecule has 0 radical (unpaired) electrons. The minimum absolute atomic E-state index is 0.0824. The molecule has 3 heterocycles. The molecule has 1 fully saturated rings. The molecular weight excluding hydrogens is 494 g/mol. The van der Waals surface area contributed by atoms with E-state index in [1.54, 1.807) is 20.3 Å². The number of pyridine rings is 1. The van der Waals surface area contributed by atoms with Crippen LogP contribution < -0.4 is 29.8 Å². The third-order valence-electron chi connectivity index (χ3n) is 6.65. The quantitative estimate of drug-likeness (QED) is 0.408. The maximum Gasteiger partial charge on any atom is 0.253 e. The van der Waals surface area contributed by atoms with Crippen LogP contribution in [0.25, 0.3) is 10.9 Å². The van der Waals surface area contributed by atoms with E-state index in [0.717, 1.165) is 36.8 Å². The van der Waals surface area contributed by atoms with Crippen molar-refractivity contribution in [1.82, 2.24) is 15.2 Å². The number of fused-ring (bicyclic) bond motifs is 2. The Morgan fingerprint density at radius 3 is 2.70 bits per heavy atom. The van der Waals surface area contributed by atoms with E-state index in [1.807, 2.05) is 35.2 Å². The number of nitrogens with one attached hydrogen (secondary N) is 2. The van der Waals surface area contributed by atoms with Gasteiger partial charge in [-0.1, -0.05) is 6.07 Å². The van der Waals surface area contributed by atoms with Gasteiger partial charge in [-0.05, 0) is 61.3 Å². The topological polar surface area (TPSA) is 94.3 Å². The molecule has 0 bridgehead atoms. The molecule has 1 atom stereocenters. The first-order valence-electron chi connectivity index (χ1n) is 12.3. The zero-order chi connectivity index (χ0) is 25.8. The summed E-state index contributed by atoms with van der Waals surface area (Å²) in [6.07, 6.45) is 2.83. The fourth-order valence-corrected chi connectivity index (χ4v) is 4.92. The van der Waals surface area contributed by atoms with Gasteiger partial charge in [-0.25, -0.2) is 0 Å². The van der Waals surface area contributed by atoms with Gasteiger partial charge in [-0.15, -0.1) is 0 Å². The molecule has 196 valence electrons. The van der Waals surface area contributed by atoms with Crippen molar-refractivity contribution in [2.45, 2.75) is 31.9 Å². The summed E-state index contributed by atoms with van der Waals surface area (Å²) in [6.45, 7) is 2.54. The summed E-state index contributed by atoms with van der Waals surface area (Å²) < 4.78 is 27.5. The first-order valence-corrected chi connectivity index (χ1v) is 12.8. The van der Waals surface area contributed by atoms with Crippen LogP contribution in [-0.2, 0) is 17.7 Å². The SMILES string of the molecule is COc1ccc(CCNC(=S)N(Cc2cc3cc4c(cc3[nH]c2=O)OCO4)C[C@H]2CCCO2)cc1OC. The molecule has 10 heteroatoms. The van der Waals surface area contributed by atoms with Crippen molar-refractivity contribution in [3.8, 4) is 23.0 Å². The number of aromatic amines is 1. The Morgan fingerprint density at radius 2 is 1.95 bits per heavy atom. The van der Waals surface area contributed by atoms with Crippen LogP contribution in [0.2, 0.25) is 0 Å². The lowest BCUT2D eigenvalue weighted by Gasteiger charge is -2.28. The van der Waals surface area contributed by atoms with Crippen LogP contribution in [-0.4, -0.2) is 61.8 Å². The highest BCUT2D eigenvalue weighted by molar-refractivity contribution is 7.80. The van der Waals surface area contributed by atoms with E-state index < -0.39 is 0 Å². The summed E-state index contributed by atoms with van der Waals surface area (Å²) in [5, 5.41) is 4.83. The van der Waals surface area contributed by atoms with Crippen molar-refractivity contribution in [2.75, 3.05) is 40.7 Å². The number of methoxy groups -OCH3 is 2.